The van der Waals surface area contributed by atoms with Gasteiger partial charge in [0.1, 0.15) is 5.75 Å². The number of hydrogen-bond donors (Lipinski definition) is 1. The highest BCUT2D eigenvalue weighted by Gasteiger charge is 2.19. The van der Waals surface area contributed by atoms with Crippen molar-refractivity contribution < 1.29 is 9.53 Å². The standard InChI is InChI=1S/C29H31N5O2S/c1-20-7-6-8-21(17-20)18-30-31-26(35)19-37-28-33-32-27(22-9-11-23(12-10-22)29(2,3)4)34(28)24-13-15-25(36-5)16-14-24/h6-18H,19H2,1-5H3,(H,31,35)/b30-18+. The van der Waals surface area contributed by atoms with E-state index in [1.54, 1.807) is 13.3 Å². The molecule has 3 aromatic carbocycles. The average molecular weight is 514 g/mol. The molecule has 0 saturated heterocycles. The molecule has 1 N–H and O–H groups in total. The van der Waals surface area contributed by atoms with Crippen molar-refractivity contribution in [3.63, 3.8) is 0 Å². The fraction of sp³-hybridized carbons (Fsp3) is 0.241. The van der Waals surface area contributed by atoms with E-state index in [2.05, 4.69) is 65.8 Å². The lowest BCUT2D eigenvalue weighted by Crippen LogP contribution is -2.20. The summed E-state index contributed by atoms with van der Waals surface area (Å²) in [6.45, 7) is 8.57. The van der Waals surface area contributed by atoms with E-state index in [1.165, 1.54) is 17.3 Å². The van der Waals surface area contributed by atoms with Crippen molar-refractivity contribution in [2.75, 3.05) is 12.9 Å². The van der Waals surface area contributed by atoms with Gasteiger partial charge in [0.05, 0.1) is 19.1 Å². The Morgan fingerprint density at radius 3 is 2.43 bits per heavy atom. The Balaban J connectivity index is 1.55. The zero-order valence-electron chi connectivity index (χ0n) is 21.7. The lowest BCUT2D eigenvalue weighted by Gasteiger charge is -2.19. The normalized spacial score (nSPS) is 11.6. The van der Waals surface area contributed by atoms with Gasteiger partial charge in [-0.1, -0.05) is 86.6 Å². The molecule has 0 radical (unpaired) electrons. The first-order chi connectivity index (χ1) is 17.7. The van der Waals surface area contributed by atoms with Gasteiger partial charge in [-0.3, -0.25) is 9.36 Å². The first-order valence-corrected chi connectivity index (χ1v) is 13.0. The van der Waals surface area contributed by atoms with Gasteiger partial charge in [0.15, 0.2) is 11.0 Å². The topological polar surface area (TPSA) is 81.4 Å². The molecule has 1 heterocycles. The van der Waals surface area contributed by atoms with Crippen LogP contribution in [0.5, 0.6) is 5.75 Å². The fourth-order valence-corrected chi connectivity index (χ4v) is 4.47. The van der Waals surface area contributed by atoms with Gasteiger partial charge in [0, 0.05) is 11.3 Å². The van der Waals surface area contributed by atoms with Crippen LogP contribution in [-0.2, 0) is 10.2 Å². The molecule has 4 rings (SSSR count). The smallest absolute Gasteiger partial charge is 0.250 e. The van der Waals surface area contributed by atoms with Gasteiger partial charge in [-0.05, 0) is 47.7 Å². The zero-order chi connectivity index (χ0) is 26.4. The molecule has 0 aliphatic rings. The number of hydrazone groups is 1. The molecule has 7 nitrogen and oxygen atoms in total. The molecular formula is C29H31N5O2S. The largest absolute Gasteiger partial charge is 0.497 e. The molecule has 0 atom stereocenters. The molecule has 0 fully saturated rings. The summed E-state index contributed by atoms with van der Waals surface area (Å²) in [5.74, 6) is 1.37. The number of carbonyl (C=O) groups excluding carboxylic acids is 1. The Morgan fingerprint density at radius 2 is 1.78 bits per heavy atom. The quantitative estimate of drug-likeness (QED) is 0.183. The highest BCUT2D eigenvalue weighted by Crippen LogP contribution is 2.30. The number of ether oxygens (including phenoxy) is 1. The number of rotatable bonds is 8. The molecule has 190 valence electrons. The highest BCUT2D eigenvalue weighted by atomic mass is 32.2. The van der Waals surface area contributed by atoms with Crippen molar-refractivity contribution in [2.45, 2.75) is 38.3 Å². The van der Waals surface area contributed by atoms with Crippen LogP contribution in [0.15, 0.2) is 83.1 Å². The van der Waals surface area contributed by atoms with E-state index in [4.69, 9.17) is 4.74 Å². The Hall–Kier alpha value is -3.91. The van der Waals surface area contributed by atoms with Crippen molar-refractivity contribution in [3.8, 4) is 22.8 Å². The van der Waals surface area contributed by atoms with Crippen LogP contribution in [0.3, 0.4) is 0 Å². The van der Waals surface area contributed by atoms with Crippen molar-refractivity contribution in [1.82, 2.24) is 20.2 Å². The molecule has 8 heteroatoms. The van der Waals surface area contributed by atoms with Crippen molar-refractivity contribution >= 4 is 23.9 Å². The number of nitrogens with one attached hydrogen (secondary N) is 1. The lowest BCUT2D eigenvalue weighted by atomic mass is 9.87. The second kappa shape index (κ2) is 11.4. The van der Waals surface area contributed by atoms with Gasteiger partial charge >= 0.3 is 0 Å². The van der Waals surface area contributed by atoms with E-state index >= 15 is 0 Å². The van der Waals surface area contributed by atoms with Crippen LogP contribution in [0.4, 0.5) is 0 Å². The van der Waals surface area contributed by atoms with Gasteiger partial charge in [-0.2, -0.15) is 5.10 Å². The minimum absolute atomic E-state index is 0.0540. The van der Waals surface area contributed by atoms with E-state index in [9.17, 15) is 4.79 Å². The summed E-state index contributed by atoms with van der Waals surface area (Å²) < 4.78 is 7.28. The van der Waals surface area contributed by atoms with Crippen molar-refractivity contribution in [1.29, 1.82) is 0 Å². The number of thioether (sulfide) groups is 1. The molecule has 1 amide bonds. The molecular weight excluding hydrogens is 482 g/mol. The third kappa shape index (κ3) is 6.65. The first kappa shape index (κ1) is 26.2. The van der Waals surface area contributed by atoms with Crippen LogP contribution in [0.1, 0.15) is 37.5 Å². The maximum atomic E-state index is 12.5. The molecule has 4 aromatic rings. The predicted molar refractivity (Wildman–Crippen MR) is 150 cm³/mol. The van der Waals surface area contributed by atoms with E-state index in [0.717, 1.165) is 28.1 Å². The minimum atomic E-state index is -0.228. The van der Waals surface area contributed by atoms with Crippen molar-refractivity contribution in [3.05, 3.63) is 89.5 Å². The number of aryl methyl sites for hydroxylation is 1. The van der Waals surface area contributed by atoms with E-state index < -0.39 is 0 Å². The van der Waals surface area contributed by atoms with E-state index in [0.29, 0.717) is 11.0 Å². The van der Waals surface area contributed by atoms with E-state index in [-0.39, 0.29) is 17.1 Å². The number of hydrogen-bond acceptors (Lipinski definition) is 6. The second-order valence-corrected chi connectivity index (χ2v) is 10.6. The summed E-state index contributed by atoms with van der Waals surface area (Å²) in [6.07, 6.45) is 1.63. The first-order valence-electron chi connectivity index (χ1n) is 12.0. The van der Waals surface area contributed by atoms with Gasteiger partial charge in [0.2, 0.25) is 0 Å². The van der Waals surface area contributed by atoms with Gasteiger partial charge in [-0.15, -0.1) is 10.2 Å². The third-order valence-electron chi connectivity index (χ3n) is 5.75. The summed E-state index contributed by atoms with van der Waals surface area (Å²) in [6, 6.07) is 23.9. The zero-order valence-corrected chi connectivity index (χ0v) is 22.5. The number of methoxy groups -OCH3 is 1. The second-order valence-electron chi connectivity index (χ2n) is 9.66. The number of benzene rings is 3. The summed E-state index contributed by atoms with van der Waals surface area (Å²) in [5.41, 5.74) is 7.76. The van der Waals surface area contributed by atoms with Crippen LogP contribution in [0.25, 0.3) is 17.1 Å². The summed E-state index contributed by atoms with van der Waals surface area (Å²) in [4.78, 5) is 12.5. The number of amides is 1. The fourth-order valence-electron chi connectivity index (χ4n) is 3.73. The van der Waals surface area contributed by atoms with Crippen LogP contribution in [0.2, 0.25) is 0 Å². The molecule has 0 saturated carbocycles. The minimum Gasteiger partial charge on any atom is -0.497 e. The predicted octanol–water partition coefficient (Wildman–Crippen LogP) is 5.79. The molecule has 0 aliphatic carbocycles. The molecule has 0 spiro atoms. The summed E-state index contributed by atoms with van der Waals surface area (Å²) in [5, 5.41) is 13.6. The summed E-state index contributed by atoms with van der Waals surface area (Å²) >= 11 is 1.30. The third-order valence-corrected chi connectivity index (χ3v) is 6.68. The molecule has 0 bridgehead atoms. The van der Waals surface area contributed by atoms with Crippen molar-refractivity contribution in [2.24, 2.45) is 5.10 Å². The maximum Gasteiger partial charge on any atom is 0.250 e. The monoisotopic (exact) mass is 513 g/mol. The Labute approximate surface area is 222 Å². The van der Waals surface area contributed by atoms with Gasteiger partial charge in [-0.25, -0.2) is 5.43 Å². The lowest BCUT2D eigenvalue weighted by molar-refractivity contribution is -0.118. The molecule has 37 heavy (non-hydrogen) atoms. The molecule has 0 aliphatic heterocycles. The Morgan fingerprint density at radius 1 is 1.05 bits per heavy atom. The van der Waals surface area contributed by atoms with E-state index in [1.807, 2.05) is 60.0 Å². The summed E-state index contributed by atoms with van der Waals surface area (Å²) in [7, 11) is 1.64. The SMILES string of the molecule is COc1ccc(-n2c(SCC(=O)N/N=C/c3cccc(C)c3)nnc2-c2ccc(C(C)(C)C)cc2)cc1. The molecule has 1 aromatic heterocycles. The van der Waals surface area contributed by atoms with Crippen LogP contribution in [0, 0.1) is 6.92 Å². The number of carbonyl (C=O) groups is 1. The van der Waals surface area contributed by atoms with Crippen LogP contribution in [-0.4, -0.2) is 39.7 Å². The average Bonchev–Trinajstić information content (AvgIpc) is 3.31. The molecule has 0 unspecified atom stereocenters. The number of nitrogens with zero attached hydrogens (tertiary/aromatic N) is 4. The number of aromatic nitrogens is 3. The van der Waals surface area contributed by atoms with Crippen LogP contribution < -0.4 is 10.2 Å². The highest BCUT2D eigenvalue weighted by molar-refractivity contribution is 7.99. The van der Waals surface area contributed by atoms with Gasteiger partial charge < -0.3 is 4.74 Å². The Bertz CT molecular complexity index is 1390. The van der Waals surface area contributed by atoms with Crippen LogP contribution >= 0.6 is 11.8 Å². The Kier molecular flexibility index (Phi) is 8.08. The maximum absolute atomic E-state index is 12.5. The van der Waals surface area contributed by atoms with Gasteiger partial charge in [0.25, 0.3) is 5.91 Å².